The molecule has 2 rings (SSSR count). The number of carbonyl (C=O) groups excluding carboxylic acids is 1. The van der Waals surface area contributed by atoms with Gasteiger partial charge in [0.25, 0.3) is 0 Å². The minimum Gasteiger partial charge on any atom is -0.326 e. The summed E-state index contributed by atoms with van der Waals surface area (Å²) in [5.74, 6) is -0.0470. The molecule has 0 bridgehead atoms. The number of nitrogens with one attached hydrogen (secondary N) is 1. The number of aromatic nitrogens is 2. The van der Waals surface area contributed by atoms with Crippen LogP contribution in [0.3, 0.4) is 0 Å². The highest BCUT2D eigenvalue weighted by molar-refractivity contribution is 6.31. The number of hydrogen-bond donors (Lipinski definition) is 1. The monoisotopic (exact) mass is 275 g/mol. The second-order valence-electron chi connectivity index (χ2n) is 4.21. The molecule has 0 unspecified atom stereocenters. The Morgan fingerprint density at radius 1 is 1.32 bits per heavy atom. The number of benzene rings is 1. The molecule has 0 aliphatic carbocycles. The number of rotatable bonds is 4. The zero-order chi connectivity index (χ0) is 13.7. The van der Waals surface area contributed by atoms with Crippen LogP contribution in [0.4, 0.5) is 5.69 Å². The maximum Gasteiger partial charge on any atom is 0.224 e. The number of amides is 1. The Kier molecular flexibility index (Phi) is 4.47. The fourth-order valence-corrected chi connectivity index (χ4v) is 1.85. The average molecular weight is 276 g/mol. The third-order valence-corrected chi connectivity index (χ3v) is 3.21. The molecular weight excluding hydrogens is 262 g/mol. The summed E-state index contributed by atoms with van der Waals surface area (Å²) in [6.45, 7) is 1.88. The van der Waals surface area contributed by atoms with Crippen LogP contribution in [0.2, 0.25) is 5.02 Å². The van der Waals surface area contributed by atoms with Crippen molar-refractivity contribution in [2.24, 2.45) is 0 Å². The van der Waals surface area contributed by atoms with Gasteiger partial charge in [-0.1, -0.05) is 17.7 Å². The van der Waals surface area contributed by atoms with Gasteiger partial charge in [0.2, 0.25) is 5.91 Å². The molecule has 0 radical (unpaired) electrons. The molecule has 0 aliphatic heterocycles. The van der Waals surface area contributed by atoms with Crippen molar-refractivity contribution < 1.29 is 4.79 Å². The fourth-order valence-electron chi connectivity index (χ4n) is 1.67. The molecule has 19 heavy (non-hydrogen) atoms. The Bertz CT molecular complexity index is 572. The summed E-state index contributed by atoms with van der Waals surface area (Å²) in [7, 11) is 0. The minimum atomic E-state index is -0.0470. The molecule has 0 aliphatic rings. The van der Waals surface area contributed by atoms with Crippen LogP contribution < -0.4 is 5.32 Å². The zero-order valence-electron chi connectivity index (χ0n) is 10.6. The maximum absolute atomic E-state index is 11.9. The van der Waals surface area contributed by atoms with Crippen molar-refractivity contribution in [1.29, 1.82) is 0 Å². The van der Waals surface area contributed by atoms with E-state index >= 15 is 0 Å². The topological polar surface area (TPSA) is 54.9 Å². The maximum atomic E-state index is 11.9. The normalized spacial score (nSPS) is 10.2. The highest BCUT2D eigenvalue weighted by atomic mass is 35.5. The molecule has 5 heteroatoms. The summed E-state index contributed by atoms with van der Waals surface area (Å²) in [6, 6.07) is 5.45. The van der Waals surface area contributed by atoms with E-state index in [4.69, 9.17) is 11.6 Å². The molecule has 0 atom stereocenters. The highest BCUT2D eigenvalue weighted by Crippen LogP contribution is 2.23. The molecular formula is C14H14ClN3O. The summed E-state index contributed by atoms with van der Waals surface area (Å²) in [6.07, 6.45) is 5.90. The predicted octanol–water partition coefficient (Wildman–Crippen LogP) is 3.01. The standard InChI is InChI=1S/C14H14ClN3O/c1-10-12(15)3-2-4-13(10)18-14(19)6-5-11-7-16-9-17-8-11/h2-4,7-9H,5-6H2,1H3,(H,18,19). The van der Waals surface area contributed by atoms with E-state index in [1.54, 1.807) is 18.5 Å². The average Bonchev–Trinajstić information content (AvgIpc) is 2.43. The number of halogens is 1. The molecule has 1 heterocycles. The molecule has 4 nitrogen and oxygen atoms in total. The second-order valence-corrected chi connectivity index (χ2v) is 4.61. The van der Waals surface area contributed by atoms with Gasteiger partial charge >= 0.3 is 0 Å². The van der Waals surface area contributed by atoms with Crippen molar-refractivity contribution in [2.45, 2.75) is 19.8 Å². The molecule has 2 aromatic rings. The van der Waals surface area contributed by atoms with Crippen molar-refractivity contribution in [3.63, 3.8) is 0 Å². The van der Waals surface area contributed by atoms with Crippen LogP contribution in [-0.4, -0.2) is 15.9 Å². The summed E-state index contributed by atoms with van der Waals surface area (Å²) in [5.41, 5.74) is 2.57. The Labute approximate surface area is 116 Å². The third kappa shape index (κ3) is 3.76. The lowest BCUT2D eigenvalue weighted by Crippen LogP contribution is -2.13. The van der Waals surface area contributed by atoms with Gasteiger partial charge < -0.3 is 5.32 Å². The van der Waals surface area contributed by atoms with Crippen molar-refractivity contribution in [3.8, 4) is 0 Å². The van der Waals surface area contributed by atoms with Crippen molar-refractivity contribution >= 4 is 23.2 Å². The Balaban J connectivity index is 1.93. The first-order valence-corrected chi connectivity index (χ1v) is 6.33. The predicted molar refractivity (Wildman–Crippen MR) is 75.2 cm³/mol. The van der Waals surface area contributed by atoms with E-state index in [0.29, 0.717) is 17.9 Å². The quantitative estimate of drug-likeness (QED) is 0.933. The van der Waals surface area contributed by atoms with Gasteiger partial charge in [0.05, 0.1) is 0 Å². The van der Waals surface area contributed by atoms with E-state index in [1.807, 2.05) is 19.1 Å². The van der Waals surface area contributed by atoms with Crippen LogP contribution in [0.5, 0.6) is 0 Å². The second kappa shape index (κ2) is 6.29. The van der Waals surface area contributed by atoms with E-state index in [1.165, 1.54) is 6.33 Å². The Hall–Kier alpha value is -1.94. The SMILES string of the molecule is Cc1c(Cl)cccc1NC(=O)CCc1cncnc1. The zero-order valence-corrected chi connectivity index (χ0v) is 11.3. The van der Waals surface area contributed by atoms with Crippen LogP contribution in [0, 0.1) is 6.92 Å². The fraction of sp³-hybridized carbons (Fsp3) is 0.214. The highest BCUT2D eigenvalue weighted by Gasteiger charge is 2.07. The smallest absolute Gasteiger partial charge is 0.224 e. The summed E-state index contributed by atoms with van der Waals surface area (Å²) >= 11 is 6.00. The molecule has 1 aromatic carbocycles. The van der Waals surface area contributed by atoms with E-state index < -0.39 is 0 Å². The van der Waals surface area contributed by atoms with Crippen LogP contribution >= 0.6 is 11.6 Å². The number of carbonyl (C=O) groups is 1. The van der Waals surface area contributed by atoms with Gasteiger partial charge in [-0.2, -0.15) is 0 Å². The van der Waals surface area contributed by atoms with Crippen molar-refractivity contribution in [3.05, 3.63) is 53.1 Å². The summed E-state index contributed by atoms with van der Waals surface area (Å²) < 4.78 is 0. The van der Waals surface area contributed by atoms with Gasteiger partial charge in [0.15, 0.2) is 0 Å². The molecule has 1 aromatic heterocycles. The summed E-state index contributed by atoms with van der Waals surface area (Å²) in [5, 5.41) is 3.50. The van der Waals surface area contributed by atoms with Gasteiger partial charge in [0, 0.05) is 29.5 Å². The van der Waals surface area contributed by atoms with Gasteiger partial charge in [-0.3, -0.25) is 4.79 Å². The van der Waals surface area contributed by atoms with E-state index in [9.17, 15) is 4.79 Å². The lowest BCUT2D eigenvalue weighted by atomic mass is 10.1. The first-order valence-electron chi connectivity index (χ1n) is 5.95. The van der Waals surface area contributed by atoms with Crippen LogP contribution in [0.1, 0.15) is 17.5 Å². The molecule has 98 valence electrons. The number of nitrogens with zero attached hydrogens (tertiary/aromatic N) is 2. The summed E-state index contributed by atoms with van der Waals surface area (Å²) in [4.78, 5) is 19.7. The molecule has 1 N–H and O–H groups in total. The van der Waals surface area contributed by atoms with Crippen LogP contribution in [0.25, 0.3) is 0 Å². The lowest BCUT2D eigenvalue weighted by molar-refractivity contribution is -0.116. The van der Waals surface area contributed by atoms with Crippen molar-refractivity contribution in [1.82, 2.24) is 9.97 Å². The van der Waals surface area contributed by atoms with E-state index in [0.717, 1.165) is 16.8 Å². The first-order chi connectivity index (χ1) is 9.16. The van der Waals surface area contributed by atoms with Gasteiger partial charge in [-0.15, -0.1) is 0 Å². The van der Waals surface area contributed by atoms with Gasteiger partial charge in [0.1, 0.15) is 6.33 Å². The first kappa shape index (κ1) is 13.5. The molecule has 0 saturated heterocycles. The van der Waals surface area contributed by atoms with Gasteiger partial charge in [-0.25, -0.2) is 9.97 Å². The lowest BCUT2D eigenvalue weighted by Gasteiger charge is -2.09. The minimum absolute atomic E-state index is 0.0470. The van der Waals surface area contributed by atoms with Crippen LogP contribution in [0.15, 0.2) is 36.9 Å². The largest absolute Gasteiger partial charge is 0.326 e. The molecule has 0 fully saturated rings. The van der Waals surface area contributed by atoms with Gasteiger partial charge in [-0.05, 0) is 36.6 Å². The van der Waals surface area contributed by atoms with E-state index in [-0.39, 0.29) is 5.91 Å². The van der Waals surface area contributed by atoms with E-state index in [2.05, 4.69) is 15.3 Å². The van der Waals surface area contributed by atoms with Crippen LogP contribution in [-0.2, 0) is 11.2 Å². The molecule has 0 saturated carbocycles. The Morgan fingerprint density at radius 2 is 2.05 bits per heavy atom. The Morgan fingerprint density at radius 3 is 2.79 bits per heavy atom. The number of anilines is 1. The molecule has 1 amide bonds. The molecule has 0 spiro atoms. The number of aryl methyl sites for hydroxylation is 1. The third-order valence-electron chi connectivity index (χ3n) is 2.80. The van der Waals surface area contributed by atoms with Crippen molar-refractivity contribution in [2.75, 3.05) is 5.32 Å². The number of hydrogen-bond acceptors (Lipinski definition) is 3.